The zero-order valence-electron chi connectivity index (χ0n) is 9.01. The molecule has 0 bridgehead atoms. The maximum Gasteiger partial charge on any atom is 0.167 e. The number of phenols is 1. The minimum atomic E-state index is -0.227. The predicted octanol–water partition coefficient (Wildman–Crippen LogP) is 1.06. The molecule has 84 valence electrons. The fourth-order valence-corrected chi connectivity index (χ4v) is 1.50. The number of nitrogens with one attached hydrogen (secondary N) is 1. The van der Waals surface area contributed by atoms with Crippen LogP contribution >= 0.6 is 0 Å². The van der Waals surface area contributed by atoms with Crippen molar-refractivity contribution in [2.75, 3.05) is 0 Å². The number of hydrogen-bond donors (Lipinski definition) is 3. The maximum absolute atomic E-state index is 9.15. The van der Waals surface area contributed by atoms with Crippen LogP contribution in [0.5, 0.6) is 5.75 Å². The number of aryl methyl sites for hydroxylation is 1. The van der Waals surface area contributed by atoms with Crippen LogP contribution in [0.25, 0.3) is 0 Å². The van der Waals surface area contributed by atoms with Crippen LogP contribution in [0, 0.1) is 6.92 Å². The van der Waals surface area contributed by atoms with E-state index >= 15 is 0 Å². The number of hydrogen-bond acceptors (Lipinski definition) is 4. The highest BCUT2D eigenvalue weighted by Gasteiger charge is 2.11. The summed E-state index contributed by atoms with van der Waals surface area (Å²) in [7, 11) is 0. The Balaban J connectivity index is 2.07. The number of nitrogens with two attached hydrogens (primary N) is 1. The molecule has 0 spiro atoms. The smallest absolute Gasteiger partial charge is 0.167 e. The quantitative estimate of drug-likeness (QED) is 0.718. The van der Waals surface area contributed by atoms with Crippen molar-refractivity contribution in [2.45, 2.75) is 19.4 Å². The number of H-pyrrole nitrogens is 1. The number of nitrogens with zero attached hydrogens (tertiary/aromatic N) is 2. The minimum absolute atomic E-state index is 0.227. The number of benzene rings is 1. The molecule has 1 heterocycles. The Morgan fingerprint density at radius 1 is 1.38 bits per heavy atom. The van der Waals surface area contributed by atoms with Gasteiger partial charge in [0, 0.05) is 0 Å². The molecule has 16 heavy (non-hydrogen) atoms. The van der Waals surface area contributed by atoms with Crippen molar-refractivity contribution in [3.05, 3.63) is 41.5 Å². The van der Waals surface area contributed by atoms with E-state index in [4.69, 9.17) is 10.8 Å². The van der Waals surface area contributed by atoms with Gasteiger partial charge in [0.05, 0.1) is 6.04 Å². The van der Waals surface area contributed by atoms with Crippen LogP contribution in [0.2, 0.25) is 0 Å². The van der Waals surface area contributed by atoms with Crippen LogP contribution in [0.3, 0.4) is 0 Å². The largest absolute Gasteiger partial charge is 0.508 e. The van der Waals surface area contributed by atoms with E-state index in [1.165, 1.54) is 0 Å². The lowest BCUT2D eigenvalue weighted by molar-refractivity contribution is 0.475. The molecule has 5 heteroatoms. The number of rotatable bonds is 3. The van der Waals surface area contributed by atoms with Crippen LogP contribution in [0.15, 0.2) is 24.3 Å². The Kier molecular flexibility index (Phi) is 2.87. The summed E-state index contributed by atoms with van der Waals surface area (Å²) >= 11 is 0. The standard InChI is InChI=1S/C11H14N4O/c1-7-13-11(15-14-7)10(12)6-8-2-4-9(16)5-3-8/h2-5,10,16H,6,12H2,1H3,(H,13,14,15). The summed E-state index contributed by atoms with van der Waals surface area (Å²) in [6.45, 7) is 1.84. The highest BCUT2D eigenvalue weighted by atomic mass is 16.3. The van der Waals surface area contributed by atoms with Gasteiger partial charge in [-0.3, -0.25) is 5.10 Å². The number of aromatic nitrogens is 3. The molecule has 1 aromatic heterocycles. The normalized spacial score (nSPS) is 12.6. The van der Waals surface area contributed by atoms with Gasteiger partial charge in [-0.2, -0.15) is 5.10 Å². The third-order valence-corrected chi connectivity index (χ3v) is 2.34. The minimum Gasteiger partial charge on any atom is -0.508 e. The predicted molar refractivity (Wildman–Crippen MR) is 59.9 cm³/mol. The van der Waals surface area contributed by atoms with Gasteiger partial charge in [-0.15, -0.1) is 0 Å². The highest BCUT2D eigenvalue weighted by molar-refractivity contribution is 5.26. The van der Waals surface area contributed by atoms with Crippen LogP contribution in [-0.2, 0) is 6.42 Å². The van der Waals surface area contributed by atoms with Crippen LogP contribution in [-0.4, -0.2) is 20.3 Å². The Morgan fingerprint density at radius 3 is 2.62 bits per heavy atom. The molecular weight excluding hydrogens is 204 g/mol. The molecular formula is C11H14N4O. The fraction of sp³-hybridized carbons (Fsp3) is 0.273. The van der Waals surface area contributed by atoms with Crippen molar-refractivity contribution in [1.82, 2.24) is 15.2 Å². The van der Waals surface area contributed by atoms with Crippen LogP contribution < -0.4 is 5.73 Å². The Bertz CT molecular complexity index is 463. The zero-order valence-corrected chi connectivity index (χ0v) is 9.01. The second-order valence-electron chi connectivity index (χ2n) is 3.76. The fourth-order valence-electron chi connectivity index (χ4n) is 1.50. The third-order valence-electron chi connectivity index (χ3n) is 2.34. The molecule has 1 atom stereocenters. The van der Waals surface area contributed by atoms with Crippen molar-refractivity contribution in [2.24, 2.45) is 5.73 Å². The molecule has 1 aromatic carbocycles. The second-order valence-corrected chi connectivity index (χ2v) is 3.76. The third kappa shape index (κ3) is 2.38. The Morgan fingerprint density at radius 2 is 2.06 bits per heavy atom. The van der Waals surface area contributed by atoms with Gasteiger partial charge in [0.1, 0.15) is 11.6 Å². The molecule has 0 amide bonds. The Hall–Kier alpha value is -1.88. The first kappa shape index (κ1) is 10.6. The van der Waals surface area contributed by atoms with E-state index < -0.39 is 0 Å². The lowest BCUT2D eigenvalue weighted by Crippen LogP contribution is -2.15. The van der Waals surface area contributed by atoms with Gasteiger partial charge in [-0.05, 0) is 31.0 Å². The number of aromatic amines is 1. The van der Waals surface area contributed by atoms with E-state index in [0.29, 0.717) is 12.2 Å². The first-order valence-corrected chi connectivity index (χ1v) is 5.07. The van der Waals surface area contributed by atoms with E-state index in [2.05, 4.69) is 15.2 Å². The van der Waals surface area contributed by atoms with Crippen LogP contribution in [0.4, 0.5) is 0 Å². The van der Waals surface area contributed by atoms with Gasteiger partial charge in [-0.25, -0.2) is 4.98 Å². The van der Waals surface area contributed by atoms with E-state index in [9.17, 15) is 0 Å². The van der Waals surface area contributed by atoms with Crippen molar-refractivity contribution in [3.63, 3.8) is 0 Å². The summed E-state index contributed by atoms with van der Waals surface area (Å²) < 4.78 is 0. The molecule has 2 rings (SSSR count). The van der Waals surface area contributed by atoms with Crippen molar-refractivity contribution >= 4 is 0 Å². The summed E-state index contributed by atoms with van der Waals surface area (Å²) in [5.41, 5.74) is 7.02. The monoisotopic (exact) mass is 218 g/mol. The molecule has 0 aliphatic rings. The molecule has 2 aromatic rings. The zero-order chi connectivity index (χ0) is 11.5. The van der Waals surface area contributed by atoms with E-state index in [0.717, 1.165) is 11.4 Å². The summed E-state index contributed by atoms with van der Waals surface area (Å²) in [6.07, 6.45) is 0.650. The lowest BCUT2D eigenvalue weighted by atomic mass is 10.1. The summed E-state index contributed by atoms with van der Waals surface area (Å²) in [4.78, 5) is 4.18. The van der Waals surface area contributed by atoms with Gasteiger partial charge >= 0.3 is 0 Å². The molecule has 0 saturated carbocycles. The van der Waals surface area contributed by atoms with E-state index in [1.54, 1.807) is 12.1 Å². The summed E-state index contributed by atoms with van der Waals surface area (Å²) in [5, 5.41) is 15.9. The van der Waals surface area contributed by atoms with Crippen molar-refractivity contribution in [3.8, 4) is 5.75 Å². The van der Waals surface area contributed by atoms with Gasteiger partial charge in [0.25, 0.3) is 0 Å². The average molecular weight is 218 g/mol. The first-order chi connectivity index (χ1) is 7.65. The highest BCUT2D eigenvalue weighted by Crippen LogP contribution is 2.15. The Labute approximate surface area is 93.3 Å². The van der Waals surface area contributed by atoms with Crippen LogP contribution in [0.1, 0.15) is 23.3 Å². The van der Waals surface area contributed by atoms with Crippen molar-refractivity contribution < 1.29 is 5.11 Å². The molecule has 0 radical (unpaired) electrons. The SMILES string of the molecule is Cc1nc(C(N)Cc2ccc(O)cc2)n[nH]1. The average Bonchev–Trinajstić information content (AvgIpc) is 2.68. The van der Waals surface area contributed by atoms with Crippen molar-refractivity contribution in [1.29, 1.82) is 0 Å². The second kappa shape index (κ2) is 4.32. The first-order valence-electron chi connectivity index (χ1n) is 5.07. The summed E-state index contributed by atoms with van der Waals surface area (Å²) in [6, 6.07) is 6.74. The number of phenolic OH excluding ortho intramolecular Hbond substituents is 1. The summed E-state index contributed by atoms with van der Waals surface area (Å²) in [5.74, 6) is 1.63. The maximum atomic E-state index is 9.15. The molecule has 0 saturated heterocycles. The molecule has 0 aliphatic carbocycles. The molecule has 0 aliphatic heterocycles. The van der Waals surface area contributed by atoms with Gasteiger partial charge in [0.2, 0.25) is 0 Å². The molecule has 4 N–H and O–H groups in total. The number of aromatic hydroxyl groups is 1. The van der Waals surface area contributed by atoms with Gasteiger partial charge in [0.15, 0.2) is 5.82 Å². The lowest BCUT2D eigenvalue weighted by Gasteiger charge is -2.07. The van der Waals surface area contributed by atoms with E-state index in [1.807, 2.05) is 19.1 Å². The van der Waals surface area contributed by atoms with E-state index in [-0.39, 0.29) is 11.8 Å². The molecule has 1 unspecified atom stereocenters. The van der Waals surface area contributed by atoms with Gasteiger partial charge in [-0.1, -0.05) is 12.1 Å². The van der Waals surface area contributed by atoms with Gasteiger partial charge < -0.3 is 10.8 Å². The topological polar surface area (TPSA) is 87.8 Å². The molecule has 0 fully saturated rings. The molecule has 5 nitrogen and oxygen atoms in total.